The number of anilines is 3. The highest BCUT2D eigenvalue weighted by atomic mass is 32.2. The molecule has 0 aliphatic rings. The summed E-state index contributed by atoms with van der Waals surface area (Å²) in [5.41, 5.74) is 1.02. The average molecular weight is 464 g/mol. The molecule has 0 atom stereocenters. The molecule has 0 aliphatic heterocycles. The molecule has 3 rings (SSSR count). The summed E-state index contributed by atoms with van der Waals surface area (Å²) in [6.45, 7) is 0. The van der Waals surface area contributed by atoms with Gasteiger partial charge < -0.3 is 20.1 Å². The fourth-order valence-electron chi connectivity index (χ4n) is 2.43. The molecule has 12 heteroatoms. The van der Waals surface area contributed by atoms with Gasteiger partial charge in [0.15, 0.2) is 10.9 Å². The molecule has 0 bridgehead atoms. The van der Waals surface area contributed by atoms with E-state index < -0.39 is 15.8 Å². The predicted molar refractivity (Wildman–Crippen MR) is 119 cm³/mol. The van der Waals surface area contributed by atoms with Crippen molar-refractivity contribution in [2.24, 2.45) is 0 Å². The number of thiocarbonyl (C=S) groups is 1. The summed E-state index contributed by atoms with van der Waals surface area (Å²) in [5, 5.41) is 5.96. The summed E-state index contributed by atoms with van der Waals surface area (Å²) in [5.74, 6) is -0.261. The standard InChI is InChI=1S/C19H18FN5O4S2/c1-28-17-11-16(23-18(24-17)29-2)25-31(26,27)15-8-6-13(7-9-15)21-19(30)22-14-5-3-4-12(20)10-14/h3-11H,1-2H3,(H2,21,22,30)(H,23,24,25). The molecular formula is C19H18FN5O4S2. The number of benzene rings is 2. The Morgan fingerprint density at radius 3 is 2.32 bits per heavy atom. The molecule has 162 valence electrons. The van der Waals surface area contributed by atoms with Crippen LogP contribution in [0.5, 0.6) is 11.9 Å². The normalized spacial score (nSPS) is 10.8. The van der Waals surface area contributed by atoms with Gasteiger partial charge in [0.1, 0.15) is 5.82 Å². The molecule has 0 spiro atoms. The van der Waals surface area contributed by atoms with Crippen molar-refractivity contribution < 1.29 is 22.3 Å². The topological polar surface area (TPSA) is 114 Å². The second kappa shape index (κ2) is 9.53. The Morgan fingerprint density at radius 2 is 1.68 bits per heavy atom. The number of ether oxygens (including phenoxy) is 2. The van der Waals surface area contributed by atoms with Crippen LogP contribution in [0.4, 0.5) is 21.6 Å². The Kier molecular flexibility index (Phi) is 6.82. The molecule has 0 saturated carbocycles. The van der Waals surface area contributed by atoms with Gasteiger partial charge in [-0.3, -0.25) is 4.72 Å². The van der Waals surface area contributed by atoms with E-state index in [0.29, 0.717) is 11.4 Å². The van der Waals surface area contributed by atoms with Gasteiger partial charge in [-0.25, -0.2) is 12.8 Å². The lowest BCUT2D eigenvalue weighted by Crippen LogP contribution is -2.19. The lowest BCUT2D eigenvalue weighted by Gasteiger charge is -2.12. The van der Waals surface area contributed by atoms with Crippen LogP contribution in [0.3, 0.4) is 0 Å². The Bertz CT molecular complexity index is 1170. The van der Waals surface area contributed by atoms with Gasteiger partial charge in [-0.2, -0.15) is 9.97 Å². The van der Waals surface area contributed by atoms with Gasteiger partial charge in [0.25, 0.3) is 10.0 Å². The molecule has 0 aliphatic carbocycles. The molecule has 3 aromatic rings. The number of hydrogen-bond donors (Lipinski definition) is 3. The maximum Gasteiger partial charge on any atom is 0.321 e. The Hall–Kier alpha value is -3.51. The molecule has 0 fully saturated rings. The summed E-state index contributed by atoms with van der Waals surface area (Å²) < 4.78 is 50.9. The monoisotopic (exact) mass is 463 g/mol. The summed E-state index contributed by atoms with van der Waals surface area (Å²) in [6.07, 6.45) is 0. The van der Waals surface area contributed by atoms with E-state index >= 15 is 0 Å². The quantitative estimate of drug-likeness (QED) is 0.454. The first-order valence-electron chi connectivity index (χ1n) is 8.72. The second-order valence-electron chi connectivity index (χ2n) is 6.00. The fourth-order valence-corrected chi connectivity index (χ4v) is 3.65. The van der Waals surface area contributed by atoms with Gasteiger partial charge >= 0.3 is 6.01 Å². The third-order valence-electron chi connectivity index (χ3n) is 3.82. The van der Waals surface area contributed by atoms with E-state index in [2.05, 4.69) is 25.3 Å². The van der Waals surface area contributed by atoms with Crippen LogP contribution in [0, 0.1) is 5.82 Å². The highest BCUT2D eigenvalue weighted by molar-refractivity contribution is 7.92. The van der Waals surface area contributed by atoms with Gasteiger partial charge in [-0.05, 0) is 54.7 Å². The van der Waals surface area contributed by atoms with Crippen LogP contribution in [0.25, 0.3) is 0 Å². The van der Waals surface area contributed by atoms with E-state index in [1.54, 1.807) is 12.1 Å². The van der Waals surface area contributed by atoms with Crippen molar-refractivity contribution in [1.82, 2.24) is 9.97 Å². The second-order valence-corrected chi connectivity index (χ2v) is 8.09. The smallest absolute Gasteiger partial charge is 0.321 e. The van der Waals surface area contributed by atoms with Gasteiger partial charge in [0.05, 0.1) is 19.1 Å². The number of halogens is 1. The Morgan fingerprint density at radius 1 is 0.968 bits per heavy atom. The van der Waals surface area contributed by atoms with E-state index in [1.807, 2.05) is 0 Å². The van der Waals surface area contributed by atoms with E-state index in [1.165, 1.54) is 56.7 Å². The van der Waals surface area contributed by atoms with Crippen molar-refractivity contribution in [2.45, 2.75) is 4.90 Å². The summed E-state index contributed by atoms with van der Waals surface area (Å²) >= 11 is 5.19. The number of sulfonamides is 1. The molecule has 3 N–H and O–H groups in total. The minimum Gasteiger partial charge on any atom is -0.481 e. The number of rotatable bonds is 7. The van der Waals surface area contributed by atoms with Crippen molar-refractivity contribution in [3.63, 3.8) is 0 Å². The Labute approximate surface area is 183 Å². The minimum atomic E-state index is -3.93. The minimum absolute atomic E-state index is 0.00129. The highest BCUT2D eigenvalue weighted by Gasteiger charge is 2.17. The molecule has 2 aromatic carbocycles. The lowest BCUT2D eigenvalue weighted by molar-refractivity contribution is 0.353. The van der Waals surface area contributed by atoms with Crippen molar-refractivity contribution in [3.05, 3.63) is 60.4 Å². The maximum absolute atomic E-state index is 13.3. The largest absolute Gasteiger partial charge is 0.481 e. The lowest BCUT2D eigenvalue weighted by atomic mass is 10.3. The van der Waals surface area contributed by atoms with Crippen molar-refractivity contribution in [1.29, 1.82) is 0 Å². The summed E-state index contributed by atoms with van der Waals surface area (Å²) in [6, 6.07) is 13.0. The Balaban J connectivity index is 1.69. The third-order valence-corrected chi connectivity index (χ3v) is 5.39. The van der Waals surface area contributed by atoms with E-state index in [4.69, 9.17) is 21.7 Å². The van der Waals surface area contributed by atoms with E-state index in [-0.39, 0.29) is 27.7 Å². The maximum atomic E-state index is 13.3. The zero-order valence-electron chi connectivity index (χ0n) is 16.4. The third kappa shape index (κ3) is 5.99. The zero-order chi connectivity index (χ0) is 22.4. The first kappa shape index (κ1) is 22.2. The van der Waals surface area contributed by atoms with Crippen LogP contribution in [0.15, 0.2) is 59.5 Å². The predicted octanol–water partition coefficient (Wildman–Crippen LogP) is 3.24. The van der Waals surface area contributed by atoms with Gasteiger partial charge in [0.2, 0.25) is 5.88 Å². The molecule has 31 heavy (non-hydrogen) atoms. The molecule has 0 amide bonds. The van der Waals surface area contributed by atoms with Crippen LogP contribution in [-0.2, 0) is 10.0 Å². The summed E-state index contributed by atoms with van der Waals surface area (Å²) in [4.78, 5) is 7.85. The van der Waals surface area contributed by atoms with Crippen molar-refractivity contribution >= 4 is 44.5 Å². The van der Waals surface area contributed by atoms with E-state index in [0.717, 1.165) is 0 Å². The number of aromatic nitrogens is 2. The molecule has 9 nitrogen and oxygen atoms in total. The average Bonchev–Trinajstić information content (AvgIpc) is 2.73. The first-order valence-corrected chi connectivity index (χ1v) is 10.6. The molecule has 1 heterocycles. The summed E-state index contributed by atoms with van der Waals surface area (Å²) in [7, 11) is -1.19. The highest BCUT2D eigenvalue weighted by Crippen LogP contribution is 2.21. The van der Waals surface area contributed by atoms with Gasteiger partial charge in [0, 0.05) is 17.4 Å². The van der Waals surface area contributed by atoms with Crippen LogP contribution >= 0.6 is 12.2 Å². The number of methoxy groups -OCH3 is 2. The number of nitrogens with zero attached hydrogens (tertiary/aromatic N) is 2. The number of nitrogens with one attached hydrogen (secondary N) is 3. The fraction of sp³-hybridized carbons (Fsp3) is 0.105. The van der Waals surface area contributed by atoms with Crippen molar-refractivity contribution in [3.8, 4) is 11.9 Å². The van der Waals surface area contributed by atoms with Crippen molar-refractivity contribution in [2.75, 3.05) is 29.6 Å². The zero-order valence-corrected chi connectivity index (χ0v) is 18.1. The van der Waals surface area contributed by atoms with Crippen LogP contribution in [0.2, 0.25) is 0 Å². The molecule has 0 saturated heterocycles. The van der Waals surface area contributed by atoms with Gasteiger partial charge in [-0.15, -0.1) is 0 Å². The first-order chi connectivity index (χ1) is 14.8. The number of hydrogen-bond acceptors (Lipinski definition) is 7. The van der Waals surface area contributed by atoms with Gasteiger partial charge in [-0.1, -0.05) is 6.07 Å². The molecule has 0 radical (unpaired) electrons. The molecule has 0 unspecified atom stereocenters. The van der Waals surface area contributed by atoms with Crippen LogP contribution in [-0.4, -0.2) is 37.7 Å². The van der Waals surface area contributed by atoms with Crippen LogP contribution in [0.1, 0.15) is 0 Å². The molecule has 1 aromatic heterocycles. The SMILES string of the molecule is COc1cc(NS(=O)(=O)c2ccc(NC(=S)Nc3cccc(F)c3)cc2)nc(OC)n1. The van der Waals surface area contributed by atoms with E-state index in [9.17, 15) is 12.8 Å². The molecular weight excluding hydrogens is 445 g/mol. The van der Waals surface area contributed by atoms with Crippen LogP contribution < -0.4 is 24.8 Å².